The summed E-state index contributed by atoms with van der Waals surface area (Å²) in [7, 11) is 1.37. The highest BCUT2D eigenvalue weighted by Crippen LogP contribution is 2.39. The molecular formula is C21H22O5. The number of aromatic hydroxyl groups is 3. The van der Waals surface area contributed by atoms with Crippen LogP contribution in [0.25, 0.3) is 6.08 Å². The third-order valence-corrected chi connectivity index (χ3v) is 3.85. The number of phenolic OH excluding ortho intramolecular Hbond substituents is 3. The number of carbonyl (C=O) groups excluding carboxylic acids is 1. The number of phenols is 3. The fourth-order valence-corrected chi connectivity index (χ4v) is 2.42. The summed E-state index contributed by atoms with van der Waals surface area (Å²) in [6, 6.07) is 7.68. The van der Waals surface area contributed by atoms with Crippen molar-refractivity contribution in [3.8, 4) is 23.0 Å². The molecule has 3 N–H and O–H groups in total. The molecule has 5 nitrogen and oxygen atoms in total. The number of ether oxygens (including phenoxy) is 1. The lowest BCUT2D eigenvalue weighted by molar-refractivity contribution is 0.104. The van der Waals surface area contributed by atoms with Crippen molar-refractivity contribution in [2.75, 3.05) is 7.11 Å². The van der Waals surface area contributed by atoms with Gasteiger partial charge in [0.15, 0.2) is 5.78 Å². The summed E-state index contributed by atoms with van der Waals surface area (Å²) >= 11 is 0. The minimum Gasteiger partial charge on any atom is -0.508 e. The quantitative estimate of drug-likeness (QED) is 0.411. The molecule has 0 saturated carbocycles. The van der Waals surface area contributed by atoms with Crippen LogP contribution in [0.15, 0.2) is 48.1 Å². The van der Waals surface area contributed by atoms with E-state index in [1.807, 2.05) is 19.9 Å². The largest absolute Gasteiger partial charge is 0.508 e. The van der Waals surface area contributed by atoms with Crippen molar-refractivity contribution in [2.45, 2.75) is 20.3 Å². The van der Waals surface area contributed by atoms with Crippen LogP contribution in [0.5, 0.6) is 23.0 Å². The van der Waals surface area contributed by atoms with Gasteiger partial charge in [-0.15, -0.1) is 0 Å². The van der Waals surface area contributed by atoms with Crippen LogP contribution in [0.4, 0.5) is 0 Å². The summed E-state index contributed by atoms with van der Waals surface area (Å²) in [5, 5.41) is 30.0. The zero-order chi connectivity index (χ0) is 19.3. The molecule has 0 bridgehead atoms. The first-order valence-electron chi connectivity index (χ1n) is 8.10. The number of ketones is 1. The van der Waals surface area contributed by atoms with Gasteiger partial charge in [-0.25, -0.2) is 0 Å². The van der Waals surface area contributed by atoms with Gasteiger partial charge >= 0.3 is 0 Å². The first kappa shape index (κ1) is 19.1. The lowest BCUT2D eigenvalue weighted by Gasteiger charge is -2.13. The summed E-state index contributed by atoms with van der Waals surface area (Å²) in [6.45, 7) is 3.81. The number of allylic oxidation sites excluding steroid dienone is 3. The van der Waals surface area contributed by atoms with Crippen LogP contribution in [-0.2, 0) is 6.42 Å². The predicted octanol–water partition coefficient (Wildman–Crippen LogP) is 4.22. The molecule has 136 valence electrons. The van der Waals surface area contributed by atoms with E-state index in [2.05, 4.69) is 0 Å². The second kappa shape index (κ2) is 8.25. The van der Waals surface area contributed by atoms with E-state index in [4.69, 9.17) is 4.74 Å². The molecule has 0 radical (unpaired) electrons. The minimum absolute atomic E-state index is 0.00233. The second-order valence-electron chi connectivity index (χ2n) is 6.07. The van der Waals surface area contributed by atoms with Gasteiger partial charge in [-0.05, 0) is 44.0 Å². The molecule has 2 aromatic carbocycles. The second-order valence-corrected chi connectivity index (χ2v) is 6.07. The monoisotopic (exact) mass is 354 g/mol. The van der Waals surface area contributed by atoms with Gasteiger partial charge < -0.3 is 20.1 Å². The third kappa shape index (κ3) is 4.45. The maximum atomic E-state index is 12.6. The van der Waals surface area contributed by atoms with E-state index in [0.717, 1.165) is 11.1 Å². The Balaban J connectivity index is 2.42. The fraction of sp³-hybridized carbons (Fsp3) is 0.190. The molecule has 2 aromatic rings. The normalized spacial score (nSPS) is 10.7. The molecule has 0 heterocycles. The van der Waals surface area contributed by atoms with Crippen molar-refractivity contribution < 1.29 is 24.9 Å². The highest BCUT2D eigenvalue weighted by molar-refractivity contribution is 6.11. The Bertz CT molecular complexity index is 857. The number of methoxy groups -OCH3 is 1. The molecule has 5 heteroatoms. The molecule has 0 unspecified atom stereocenters. The maximum Gasteiger partial charge on any atom is 0.193 e. The Morgan fingerprint density at radius 3 is 2.35 bits per heavy atom. The van der Waals surface area contributed by atoms with Crippen LogP contribution in [0.1, 0.15) is 35.3 Å². The van der Waals surface area contributed by atoms with Crippen molar-refractivity contribution >= 4 is 11.9 Å². The summed E-state index contributed by atoms with van der Waals surface area (Å²) in [4.78, 5) is 12.6. The van der Waals surface area contributed by atoms with Crippen molar-refractivity contribution in [1.29, 1.82) is 0 Å². The zero-order valence-electron chi connectivity index (χ0n) is 15.0. The van der Waals surface area contributed by atoms with E-state index >= 15 is 0 Å². The first-order valence-corrected chi connectivity index (χ1v) is 8.10. The highest BCUT2D eigenvalue weighted by atomic mass is 16.5. The summed E-state index contributed by atoms with van der Waals surface area (Å²) in [6.07, 6.45) is 5.03. The zero-order valence-corrected chi connectivity index (χ0v) is 15.0. The van der Waals surface area contributed by atoms with Crippen LogP contribution in [0.2, 0.25) is 0 Å². The third-order valence-electron chi connectivity index (χ3n) is 3.85. The van der Waals surface area contributed by atoms with E-state index in [1.165, 1.54) is 31.4 Å². The lowest BCUT2D eigenvalue weighted by atomic mass is 9.99. The minimum atomic E-state index is -0.453. The number of hydrogen-bond donors (Lipinski definition) is 3. The van der Waals surface area contributed by atoms with Crippen molar-refractivity contribution in [1.82, 2.24) is 0 Å². The van der Waals surface area contributed by atoms with E-state index in [9.17, 15) is 20.1 Å². The van der Waals surface area contributed by atoms with Crippen LogP contribution in [0, 0.1) is 0 Å². The van der Waals surface area contributed by atoms with Crippen LogP contribution in [0.3, 0.4) is 0 Å². The molecule has 0 spiro atoms. The van der Waals surface area contributed by atoms with Crippen LogP contribution < -0.4 is 4.74 Å². The topological polar surface area (TPSA) is 87.0 Å². The number of rotatable bonds is 6. The van der Waals surface area contributed by atoms with E-state index in [-0.39, 0.29) is 34.1 Å². The number of hydrogen-bond acceptors (Lipinski definition) is 5. The molecule has 0 saturated heterocycles. The Morgan fingerprint density at radius 1 is 1.12 bits per heavy atom. The van der Waals surface area contributed by atoms with Crippen LogP contribution in [-0.4, -0.2) is 28.2 Å². The van der Waals surface area contributed by atoms with Gasteiger partial charge in [0.05, 0.1) is 7.11 Å². The van der Waals surface area contributed by atoms with E-state index in [0.29, 0.717) is 6.42 Å². The van der Waals surface area contributed by atoms with Crippen molar-refractivity contribution in [2.24, 2.45) is 0 Å². The first-order chi connectivity index (χ1) is 12.3. The molecule has 0 fully saturated rings. The number of benzene rings is 2. The number of carbonyl (C=O) groups is 1. The molecule has 0 aliphatic heterocycles. The molecule has 26 heavy (non-hydrogen) atoms. The fourth-order valence-electron chi connectivity index (χ4n) is 2.42. The van der Waals surface area contributed by atoms with Gasteiger partial charge in [-0.3, -0.25) is 4.79 Å². The molecule has 0 aliphatic carbocycles. The Kier molecular flexibility index (Phi) is 6.07. The van der Waals surface area contributed by atoms with Gasteiger partial charge in [-0.1, -0.05) is 29.9 Å². The van der Waals surface area contributed by atoms with E-state index < -0.39 is 5.78 Å². The average molecular weight is 354 g/mol. The van der Waals surface area contributed by atoms with Crippen molar-refractivity contribution in [3.05, 3.63) is 64.7 Å². The van der Waals surface area contributed by atoms with Gasteiger partial charge in [0.25, 0.3) is 0 Å². The highest BCUT2D eigenvalue weighted by Gasteiger charge is 2.21. The SMILES string of the molecule is COc1cc(O)c(CC=C(C)C)c(O)c1C(=O)C=Cc1ccc(O)cc1. The molecule has 2 rings (SSSR count). The molecule has 0 aliphatic rings. The summed E-state index contributed by atoms with van der Waals surface area (Å²) in [5.74, 6) is -0.641. The maximum absolute atomic E-state index is 12.6. The van der Waals surface area contributed by atoms with Gasteiger partial charge in [0.1, 0.15) is 28.6 Å². The van der Waals surface area contributed by atoms with Crippen LogP contribution >= 0.6 is 0 Å². The Morgan fingerprint density at radius 2 is 1.77 bits per heavy atom. The smallest absolute Gasteiger partial charge is 0.193 e. The Labute approximate surface area is 152 Å². The van der Waals surface area contributed by atoms with E-state index in [1.54, 1.807) is 18.2 Å². The summed E-state index contributed by atoms with van der Waals surface area (Å²) in [5.41, 5.74) is 2.02. The average Bonchev–Trinajstić information content (AvgIpc) is 2.60. The Hall–Kier alpha value is -3.21. The lowest BCUT2D eigenvalue weighted by Crippen LogP contribution is -2.02. The summed E-state index contributed by atoms with van der Waals surface area (Å²) < 4.78 is 5.15. The van der Waals surface area contributed by atoms with Gasteiger partial charge in [0, 0.05) is 11.6 Å². The molecule has 0 aromatic heterocycles. The standard InChI is InChI=1S/C21H22O5/c1-13(2)4-10-16-18(24)12-19(26-3)20(21(16)25)17(23)11-7-14-5-8-15(22)9-6-14/h4-9,11-12,22,24-25H,10H2,1-3H3. The molecular weight excluding hydrogens is 332 g/mol. The van der Waals surface area contributed by atoms with Gasteiger partial charge in [0.2, 0.25) is 0 Å². The van der Waals surface area contributed by atoms with Crippen molar-refractivity contribution in [3.63, 3.8) is 0 Å². The predicted molar refractivity (Wildman–Crippen MR) is 101 cm³/mol. The van der Waals surface area contributed by atoms with Gasteiger partial charge in [-0.2, -0.15) is 0 Å². The molecule has 0 atom stereocenters. The molecule has 0 amide bonds.